The van der Waals surface area contributed by atoms with Crippen molar-refractivity contribution in [1.82, 2.24) is 4.90 Å². The zero-order valence-corrected chi connectivity index (χ0v) is 16.9. The van der Waals surface area contributed by atoms with Crippen molar-refractivity contribution in [3.05, 3.63) is 101 Å². The third-order valence-corrected chi connectivity index (χ3v) is 5.83. The highest BCUT2D eigenvalue weighted by Crippen LogP contribution is 2.39. The van der Waals surface area contributed by atoms with Crippen molar-refractivity contribution in [3.8, 4) is 5.75 Å². The minimum atomic E-state index is -1.12. The molecule has 30 heavy (non-hydrogen) atoms. The minimum Gasteiger partial charge on any atom is -0.461 e. The summed E-state index contributed by atoms with van der Waals surface area (Å²) in [5.41, 5.74) is 2.88. The van der Waals surface area contributed by atoms with Gasteiger partial charge in [-0.25, -0.2) is 0 Å². The summed E-state index contributed by atoms with van der Waals surface area (Å²) in [5.74, 6) is 1.56. The van der Waals surface area contributed by atoms with Crippen LogP contribution in [-0.4, -0.2) is 36.0 Å². The van der Waals surface area contributed by atoms with Crippen LogP contribution in [0.5, 0.6) is 5.75 Å². The zero-order chi connectivity index (χ0) is 20.6. The molecule has 2 aliphatic heterocycles. The van der Waals surface area contributed by atoms with Gasteiger partial charge in [-0.2, -0.15) is 0 Å². The average Bonchev–Trinajstić information content (AvgIpc) is 3.30. The first-order chi connectivity index (χ1) is 14.7. The zero-order valence-electron chi connectivity index (χ0n) is 16.9. The predicted octanol–water partition coefficient (Wildman–Crippen LogP) is 3.87. The Bertz CT molecular complexity index is 1070. The van der Waals surface area contributed by atoms with Crippen LogP contribution >= 0.6 is 0 Å². The summed E-state index contributed by atoms with van der Waals surface area (Å²) in [7, 11) is 1.63. The number of aliphatic imine (C=N–C) groups is 1. The third-order valence-electron chi connectivity index (χ3n) is 5.83. The smallest absolute Gasteiger partial charge is 0.226 e. The fourth-order valence-electron chi connectivity index (χ4n) is 4.34. The molecule has 0 saturated heterocycles. The molecule has 3 aromatic rings. The summed E-state index contributed by atoms with van der Waals surface area (Å²) in [6.45, 7) is 1.40. The van der Waals surface area contributed by atoms with Gasteiger partial charge in [-0.05, 0) is 17.7 Å². The van der Waals surface area contributed by atoms with Crippen LogP contribution in [0.25, 0.3) is 0 Å². The molecule has 5 heteroatoms. The van der Waals surface area contributed by atoms with E-state index in [1.165, 1.54) is 0 Å². The molecule has 0 aliphatic carbocycles. The van der Waals surface area contributed by atoms with Gasteiger partial charge in [0.05, 0.1) is 6.54 Å². The molecule has 0 bridgehead atoms. The van der Waals surface area contributed by atoms with Crippen molar-refractivity contribution < 1.29 is 14.6 Å². The molecule has 0 radical (unpaired) electrons. The van der Waals surface area contributed by atoms with E-state index in [1.807, 2.05) is 71.6 Å². The van der Waals surface area contributed by atoms with Crippen LogP contribution in [0.4, 0.5) is 0 Å². The Morgan fingerprint density at radius 2 is 1.70 bits per heavy atom. The topological polar surface area (TPSA) is 54.3 Å². The molecule has 2 heterocycles. The number of methoxy groups -OCH3 is 1. The summed E-state index contributed by atoms with van der Waals surface area (Å²) in [6.07, 6.45) is 0.0339. The van der Waals surface area contributed by atoms with Crippen molar-refractivity contribution in [2.75, 3.05) is 20.2 Å². The molecule has 0 spiro atoms. The van der Waals surface area contributed by atoms with Crippen LogP contribution in [0.15, 0.2) is 83.9 Å². The lowest BCUT2D eigenvalue weighted by Crippen LogP contribution is -2.53. The van der Waals surface area contributed by atoms with Gasteiger partial charge in [0, 0.05) is 36.8 Å². The monoisotopic (exact) mass is 400 g/mol. The van der Waals surface area contributed by atoms with E-state index in [-0.39, 0.29) is 0 Å². The normalized spacial score (nSPS) is 20.9. The van der Waals surface area contributed by atoms with Crippen LogP contribution in [0.1, 0.15) is 28.5 Å². The van der Waals surface area contributed by atoms with Crippen LogP contribution < -0.4 is 4.74 Å². The summed E-state index contributed by atoms with van der Waals surface area (Å²) >= 11 is 0. The molecule has 5 rings (SSSR count). The number of hydrogen-bond acceptors (Lipinski definition) is 5. The van der Waals surface area contributed by atoms with Crippen molar-refractivity contribution in [2.24, 2.45) is 4.99 Å². The van der Waals surface area contributed by atoms with Gasteiger partial charge in [0.25, 0.3) is 0 Å². The molecule has 0 aromatic heterocycles. The van der Waals surface area contributed by atoms with Gasteiger partial charge in [0.2, 0.25) is 6.29 Å². The van der Waals surface area contributed by atoms with E-state index in [1.54, 1.807) is 7.11 Å². The van der Waals surface area contributed by atoms with Crippen LogP contribution in [0.3, 0.4) is 0 Å². The number of benzene rings is 3. The number of ether oxygens (including phenoxy) is 2. The Hall–Kier alpha value is -3.15. The average molecular weight is 400 g/mol. The van der Waals surface area contributed by atoms with Crippen LogP contribution in [-0.2, 0) is 16.9 Å². The molecule has 2 atom stereocenters. The fourth-order valence-corrected chi connectivity index (χ4v) is 4.34. The molecular formula is C25H24N2O3. The highest BCUT2D eigenvalue weighted by molar-refractivity contribution is 6.02. The van der Waals surface area contributed by atoms with E-state index in [0.29, 0.717) is 25.3 Å². The van der Waals surface area contributed by atoms with E-state index in [9.17, 15) is 5.11 Å². The first-order valence-electron chi connectivity index (χ1n) is 10.2. The van der Waals surface area contributed by atoms with E-state index in [4.69, 9.17) is 9.47 Å². The molecule has 0 saturated carbocycles. The third kappa shape index (κ3) is 3.16. The van der Waals surface area contributed by atoms with Crippen molar-refractivity contribution >= 4 is 5.84 Å². The van der Waals surface area contributed by atoms with E-state index in [2.05, 4.69) is 17.1 Å². The molecule has 3 aromatic carbocycles. The molecule has 0 amide bonds. The fraction of sp³-hybridized carbons (Fsp3) is 0.240. The second-order valence-electron chi connectivity index (χ2n) is 7.63. The maximum atomic E-state index is 11.7. The summed E-state index contributed by atoms with van der Waals surface area (Å²) < 4.78 is 11.5. The standard InChI is InChI=1S/C25H24N2O3/c1-29-24(18-7-3-2-4-8-18)30-21-13-11-20(12-14-21)25(28)17-19-9-5-6-10-22(19)23-26-15-16-27(23)25/h2-14,24,28H,15-17H2,1H3. The van der Waals surface area contributed by atoms with Gasteiger partial charge < -0.3 is 19.5 Å². The van der Waals surface area contributed by atoms with E-state index in [0.717, 1.165) is 28.1 Å². The Morgan fingerprint density at radius 3 is 2.47 bits per heavy atom. The number of nitrogens with zero attached hydrogens (tertiary/aromatic N) is 2. The number of fused-ring (bicyclic) bond motifs is 3. The Balaban J connectivity index is 1.42. The molecule has 1 N–H and O–H groups in total. The van der Waals surface area contributed by atoms with Gasteiger partial charge in [0.1, 0.15) is 11.6 Å². The highest BCUT2D eigenvalue weighted by Gasteiger charge is 2.44. The van der Waals surface area contributed by atoms with Crippen molar-refractivity contribution in [3.63, 3.8) is 0 Å². The minimum absolute atomic E-state index is 0.487. The quantitative estimate of drug-likeness (QED) is 0.661. The number of rotatable bonds is 5. The van der Waals surface area contributed by atoms with E-state index < -0.39 is 12.0 Å². The summed E-state index contributed by atoms with van der Waals surface area (Å²) in [6, 6.07) is 25.6. The SMILES string of the molecule is COC(Oc1ccc(C2(O)Cc3ccccc3C3=NCCN32)cc1)c1ccccc1. The Kier molecular flexibility index (Phi) is 4.77. The van der Waals surface area contributed by atoms with Gasteiger partial charge >= 0.3 is 0 Å². The molecule has 5 nitrogen and oxygen atoms in total. The van der Waals surface area contributed by atoms with Gasteiger partial charge in [-0.15, -0.1) is 0 Å². The van der Waals surface area contributed by atoms with Gasteiger partial charge in [0.15, 0.2) is 5.72 Å². The van der Waals surface area contributed by atoms with Gasteiger partial charge in [-0.3, -0.25) is 4.99 Å². The maximum absolute atomic E-state index is 11.7. The Morgan fingerprint density at radius 1 is 0.967 bits per heavy atom. The lowest BCUT2D eigenvalue weighted by atomic mass is 9.86. The largest absolute Gasteiger partial charge is 0.461 e. The molecule has 2 unspecified atom stereocenters. The molecule has 2 aliphatic rings. The lowest BCUT2D eigenvalue weighted by Gasteiger charge is -2.43. The number of hydrogen-bond donors (Lipinski definition) is 1. The second-order valence-corrected chi connectivity index (χ2v) is 7.63. The molecule has 152 valence electrons. The second kappa shape index (κ2) is 7.59. The molecule has 0 fully saturated rings. The number of amidine groups is 1. The lowest BCUT2D eigenvalue weighted by molar-refractivity contribution is -0.0747. The van der Waals surface area contributed by atoms with Crippen molar-refractivity contribution in [2.45, 2.75) is 18.4 Å². The molecular weight excluding hydrogens is 376 g/mol. The summed E-state index contributed by atoms with van der Waals surface area (Å²) in [5, 5.41) is 11.7. The Labute approximate surface area is 176 Å². The van der Waals surface area contributed by atoms with E-state index >= 15 is 0 Å². The van der Waals surface area contributed by atoms with Gasteiger partial charge in [-0.1, -0.05) is 66.7 Å². The maximum Gasteiger partial charge on any atom is 0.226 e. The number of aliphatic hydroxyl groups is 1. The first kappa shape index (κ1) is 18.9. The van der Waals surface area contributed by atoms with Crippen LogP contribution in [0, 0.1) is 0 Å². The van der Waals surface area contributed by atoms with Crippen molar-refractivity contribution in [1.29, 1.82) is 0 Å². The highest BCUT2D eigenvalue weighted by atomic mass is 16.7. The van der Waals surface area contributed by atoms with Crippen LogP contribution in [0.2, 0.25) is 0 Å². The predicted molar refractivity (Wildman–Crippen MR) is 115 cm³/mol. The summed E-state index contributed by atoms with van der Waals surface area (Å²) in [4.78, 5) is 6.68. The first-order valence-corrected chi connectivity index (χ1v) is 10.2.